The first-order valence-electron chi connectivity index (χ1n) is 6.96. The highest BCUT2D eigenvalue weighted by molar-refractivity contribution is 5.33. The van der Waals surface area contributed by atoms with Gasteiger partial charge in [0.25, 0.3) is 0 Å². The molecule has 0 radical (unpaired) electrons. The number of hydrogen-bond acceptors (Lipinski definition) is 5. The number of ether oxygens (including phenoxy) is 2. The second-order valence-corrected chi connectivity index (χ2v) is 5.62. The Morgan fingerprint density at radius 1 is 1.47 bits per heavy atom. The van der Waals surface area contributed by atoms with Gasteiger partial charge in [-0.3, -0.25) is 0 Å². The SMILES string of the molecule is CNc1cc(C(C)(C)C(C)OC2CCCCO2)no1. The number of nitrogens with one attached hydrogen (secondary N) is 1. The lowest BCUT2D eigenvalue weighted by molar-refractivity contribution is -0.196. The van der Waals surface area contributed by atoms with E-state index < -0.39 is 0 Å². The molecule has 19 heavy (non-hydrogen) atoms. The fraction of sp³-hybridized carbons (Fsp3) is 0.786. The molecule has 0 aromatic carbocycles. The summed E-state index contributed by atoms with van der Waals surface area (Å²) in [7, 11) is 1.81. The van der Waals surface area contributed by atoms with E-state index in [0.717, 1.165) is 25.1 Å². The van der Waals surface area contributed by atoms with Gasteiger partial charge in [-0.15, -0.1) is 0 Å². The van der Waals surface area contributed by atoms with Crippen LogP contribution in [-0.2, 0) is 14.9 Å². The minimum Gasteiger partial charge on any atom is -0.357 e. The van der Waals surface area contributed by atoms with Crippen LogP contribution in [0.2, 0.25) is 0 Å². The van der Waals surface area contributed by atoms with Gasteiger partial charge in [-0.2, -0.15) is 0 Å². The maximum Gasteiger partial charge on any atom is 0.224 e. The van der Waals surface area contributed by atoms with Crippen molar-refractivity contribution in [2.45, 2.75) is 57.8 Å². The van der Waals surface area contributed by atoms with Crippen LogP contribution in [0, 0.1) is 0 Å². The van der Waals surface area contributed by atoms with Gasteiger partial charge in [0.15, 0.2) is 6.29 Å². The normalized spacial score (nSPS) is 22.2. The van der Waals surface area contributed by atoms with Crippen molar-refractivity contribution in [1.29, 1.82) is 0 Å². The quantitative estimate of drug-likeness (QED) is 0.889. The number of aromatic nitrogens is 1. The Kier molecular flexibility index (Phi) is 4.47. The number of hydrogen-bond donors (Lipinski definition) is 1. The first-order chi connectivity index (χ1) is 9.04. The average Bonchev–Trinajstić information content (AvgIpc) is 2.89. The minimum absolute atomic E-state index is 0.00501. The van der Waals surface area contributed by atoms with Crippen molar-refractivity contribution < 1.29 is 14.0 Å². The lowest BCUT2D eigenvalue weighted by atomic mass is 9.84. The monoisotopic (exact) mass is 268 g/mol. The zero-order valence-electron chi connectivity index (χ0n) is 12.2. The van der Waals surface area contributed by atoms with E-state index in [9.17, 15) is 0 Å². The van der Waals surface area contributed by atoms with Crippen molar-refractivity contribution >= 4 is 5.88 Å². The molecular weight excluding hydrogens is 244 g/mol. The van der Waals surface area contributed by atoms with Gasteiger partial charge < -0.3 is 19.3 Å². The highest BCUT2D eigenvalue weighted by Crippen LogP contribution is 2.31. The Morgan fingerprint density at radius 2 is 2.26 bits per heavy atom. The highest BCUT2D eigenvalue weighted by Gasteiger charge is 2.34. The van der Waals surface area contributed by atoms with E-state index >= 15 is 0 Å². The summed E-state index contributed by atoms with van der Waals surface area (Å²) < 4.78 is 16.8. The Morgan fingerprint density at radius 3 is 2.84 bits per heavy atom. The highest BCUT2D eigenvalue weighted by atomic mass is 16.7. The van der Waals surface area contributed by atoms with Crippen LogP contribution < -0.4 is 5.32 Å². The van der Waals surface area contributed by atoms with Crippen LogP contribution in [0.15, 0.2) is 10.6 Å². The van der Waals surface area contributed by atoms with Crippen molar-refractivity contribution in [3.8, 4) is 0 Å². The molecule has 0 bridgehead atoms. The maximum absolute atomic E-state index is 6.03. The number of nitrogens with zero attached hydrogens (tertiary/aromatic N) is 1. The fourth-order valence-corrected chi connectivity index (χ4v) is 2.12. The molecule has 0 aliphatic carbocycles. The Balaban J connectivity index is 2.00. The van der Waals surface area contributed by atoms with Gasteiger partial charge in [-0.05, 0) is 26.2 Å². The molecule has 0 spiro atoms. The summed E-state index contributed by atoms with van der Waals surface area (Å²) >= 11 is 0. The van der Waals surface area contributed by atoms with Gasteiger partial charge in [0, 0.05) is 25.1 Å². The van der Waals surface area contributed by atoms with E-state index in [1.54, 1.807) is 0 Å². The van der Waals surface area contributed by atoms with Crippen molar-refractivity contribution in [1.82, 2.24) is 5.16 Å². The van der Waals surface area contributed by atoms with Crippen LogP contribution in [0.4, 0.5) is 5.88 Å². The molecule has 1 aliphatic rings. The van der Waals surface area contributed by atoms with Gasteiger partial charge in [0.1, 0.15) is 0 Å². The molecule has 1 aliphatic heterocycles. The lowest BCUT2D eigenvalue weighted by Gasteiger charge is -2.34. The first kappa shape index (κ1) is 14.3. The van der Waals surface area contributed by atoms with Crippen LogP contribution in [0.5, 0.6) is 0 Å². The predicted octanol–water partition coefficient (Wildman–Crippen LogP) is 2.93. The Hall–Kier alpha value is -1.07. The van der Waals surface area contributed by atoms with E-state index in [4.69, 9.17) is 14.0 Å². The third kappa shape index (κ3) is 3.28. The maximum atomic E-state index is 6.03. The molecule has 5 nitrogen and oxygen atoms in total. The van der Waals surface area contributed by atoms with Gasteiger partial charge >= 0.3 is 0 Å². The summed E-state index contributed by atoms with van der Waals surface area (Å²) in [6.45, 7) is 7.08. The zero-order chi connectivity index (χ0) is 13.9. The third-order valence-electron chi connectivity index (χ3n) is 3.93. The topological polar surface area (TPSA) is 56.5 Å². The second-order valence-electron chi connectivity index (χ2n) is 5.62. The molecule has 2 atom stereocenters. The molecule has 1 aromatic heterocycles. The summed E-state index contributed by atoms with van der Waals surface area (Å²) in [5.41, 5.74) is 0.666. The summed E-state index contributed by atoms with van der Waals surface area (Å²) in [6.07, 6.45) is 3.20. The summed E-state index contributed by atoms with van der Waals surface area (Å²) in [5.74, 6) is 0.671. The molecule has 108 valence electrons. The van der Waals surface area contributed by atoms with E-state index in [-0.39, 0.29) is 17.8 Å². The van der Waals surface area contributed by atoms with Gasteiger partial charge in [-0.1, -0.05) is 19.0 Å². The molecule has 1 fully saturated rings. The zero-order valence-corrected chi connectivity index (χ0v) is 12.2. The first-order valence-corrected chi connectivity index (χ1v) is 6.96. The van der Waals surface area contributed by atoms with E-state index in [1.165, 1.54) is 6.42 Å². The van der Waals surface area contributed by atoms with Gasteiger partial charge in [-0.25, -0.2) is 0 Å². The molecule has 2 rings (SSSR count). The average molecular weight is 268 g/mol. The minimum atomic E-state index is -0.223. The molecule has 1 aromatic rings. The van der Waals surface area contributed by atoms with Crippen molar-refractivity contribution in [2.75, 3.05) is 19.0 Å². The molecular formula is C14H24N2O3. The molecule has 2 heterocycles. The Labute approximate surface area is 114 Å². The molecule has 5 heteroatoms. The number of anilines is 1. The van der Waals surface area contributed by atoms with Gasteiger partial charge in [0.05, 0.1) is 11.8 Å². The van der Waals surface area contributed by atoms with Crippen LogP contribution >= 0.6 is 0 Å². The number of rotatable bonds is 5. The van der Waals surface area contributed by atoms with Crippen molar-refractivity contribution in [3.05, 3.63) is 11.8 Å². The van der Waals surface area contributed by atoms with E-state index in [2.05, 4.69) is 31.2 Å². The summed E-state index contributed by atoms with van der Waals surface area (Å²) in [6, 6.07) is 1.92. The largest absolute Gasteiger partial charge is 0.357 e. The third-order valence-corrected chi connectivity index (χ3v) is 3.93. The standard InChI is InChI=1S/C14H24N2O3/c1-10(18-13-7-5-6-8-17-13)14(2,3)11-9-12(15-4)19-16-11/h9-10,13,15H,5-8H2,1-4H3. The van der Waals surface area contributed by atoms with E-state index in [1.807, 2.05) is 13.1 Å². The fourth-order valence-electron chi connectivity index (χ4n) is 2.12. The molecule has 0 saturated carbocycles. The lowest BCUT2D eigenvalue weighted by Crippen LogP contribution is -2.38. The van der Waals surface area contributed by atoms with Crippen LogP contribution in [0.3, 0.4) is 0 Å². The smallest absolute Gasteiger partial charge is 0.224 e. The second kappa shape index (κ2) is 5.92. The van der Waals surface area contributed by atoms with Gasteiger partial charge in [0.2, 0.25) is 5.88 Å². The molecule has 2 unspecified atom stereocenters. The Bertz CT molecular complexity index is 397. The summed E-state index contributed by atoms with van der Waals surface area (Å²) in [5, 5.41) is 7.06. The van der Waals surface area contributed by atoms with Crippen LogP contribution in [0.1, 0.15) is 45.7 Å². The van der Waals surface area contributed by atoms with E-state index in [0.29, 0.717) is 5.88 Å². The van der Waals surface area contributed by atoms with Crippen molar-refractivity contribution in [2.24, 2.45) is 0 Å². The predicted molar refractivity (Wildman–Crippen MR) is 73.2 cm³/mol. The molecule has 0 amide bonds. The summed E-state index contributed by atoms with van der Waals surface area (Å²) in [4.78, 5) is 0. The molecule has 1 N–H and O–H groups in total. The van der Waals surface area contributed by atoms with Crippen molar-refractivity contribution in [3.63, 3.8) is 0 Å². The van der Waals surface area contributed by atoms with Crippen LogP contribution in [0.25, 0.3) is 0 Å². The van der Waals surface area contributed by atoms with Crippen LogP contribution in [-0.4, -0.2) is 31.2 Å². The molecule has 1 saturated heterocycles.